The number of aromatic nitrogens is 4. The van der Waals surface area contributed by atoms with Gasteiger partial charge in [0.15, 0.2) is 5.82 Å². The topological polar surface area (TPSA) is 75.4 Å². The highest BCUT2D eigenvalue weighted by Gasteiger charge is 2.33. The molecule has 0 radical (unpaired) electrons. The number of carbonyl (C=O) groups is 1. The molecule has 1 aliphatic heterocycles. The number of rotatable bonds is 3. The minimum absolute atomic E-state index is 0.00985. The smallest absolute Gasteiger partial charge is 0.249 e. The zero-order chi connectivity index (χ0) is 15.8. The summed E-state index contributed by atoms with van der Waals surface area (Å²) in [6.07, 6.45) is 5.70. The lowest BCUT2D eigenvalue weighted by molar-refractivity contribution is -0.117. The van der Waals surface area contributed by atoms with E-state index in [0.29, 0.717) is 29.5 Å². The monoisotopic (exact) mass is 328 g/mol. The maximum absolute atomic E-state index is 12.6. The van der Waals surface area contributed by atoms with Crippen molar-refractivity contribution in [3.05, 3.63) is 48.0 Å². The molecule has 116 valence electrons. The summed E-state index contributed by atoms with van der Waals surface area (Å²) in [6.45, 7) is 0.647. The van der Waals surface area contributed by atoms with E-state index in [1.54, 1.807) is 40.2 Å². The highest BCUT2D eigenvalue weighted by Crippen LogP contribution is 2.25. The van der Waals surface area contributed by atoms with Crippen LogP contribution in [0.1, 0.15) is 6.42 Å². The molecular weight excluding hydrogens is 316 g/mol. The SMILES string of the molecule is O=C1[C@H](Nc2nccn3cnnc23)CCN1c1ccc(Cl)cc1. The van der Waals surface area contributed by atoms with Gasteiger partial charge in [-0.1, -0.05) is 11.6 Å². The lowest BCUT2D eigenvalue weighted by Gasteiger charge is -2.17. The second kappa shape index (κ2) is 5.51. The minimum atomic E-state index is -0.332. The highest BCUT2D eigenvalue weighted by atomic mass is 35.5. The maximum atomic E-state index is 12.6. The van der Waals surface area contributed by atoms with Crippen molar-refractivity contribution in [1.82, 2.24) is 19.6 Å². The minimum Gasteiger partial charge on any atom is -0.355 e. The third-order valence-corrected chi connectivity index (χ3v) is 4.12. The average molecular weight is 329 g/mol. The van der Waals surface area contributed by atoms with E-state index in [1.807, 2.05) is 12.1 Å². The summed E-state index contributed by atoms with van der Waals surface area (Å²) in [4.78, 5) is 18.6. The van der Waals surface area contributed by atoms with Gasteiger partial charge in [0, 0.05) is 29.6 Å². The Kier molecular flexibility index (Phi) is 3.34. The Bertz CT molecular complexity index is 862. The number of anilines is 2. The quantitative estimate of drug-likeness (QED) is 0.796. The fraction of sp³-hybridized carbons (Fsp3) is 0.200. The molecule has 3 aromatic rings. The van der Waals surface area contributed by atoms with Gasteiger partial charge in [0.25, 0.3) is 0 Å². The van der Waals surface area contributed by atoms with E-state index in [9.17, 15) is 4.79 Å². The van der Waals surface area contributed by atoms with Crippen LogP contribution in [-0.4, -0.2) is 38.1 Å². The van der Waals surface area contributed by atoms with E-state index in [1.165, 1.54) is 0 Å². The lowest BCUT2D eigenvalue weighted by atomic mass is 10.2. The van der Waals surface area contributed by atoms with E-state index in [4.69, 9.17) is 11.6 Å². The van der Waals surface area contributed by atoms with Crippen LogP contribution in [-0.2, 0) is 4.79 Å². The first-order chi connectivity index (χ1) is 11.2. The van der Waals surface area contributed by atoms with Gasteiger partial charge in [0.05, 0.1) is 0 Å². The van der Waals surface area contributed by atoms with Crippen LogP contribution in [0.5, 0.6) is 0 Å². The summed E-state index contributed by atoms with van der Waals surface area (Å²) in [5.41, 5.74) is 1.45. The van der Waals surface area contributed by atoms with Gasteiger partial charge in [0.2, 0.25) is 11.6 Å². The molecule has 0 unspecified atom stereocenters. The lowest BCUT2D eigenvalue weighted by Crippen LogP contribution is -2.33. The normalized spacial score (nSPS) is 17.9. The fourth-order valence-electron chi connectivity index (χ4n) is 2.72. The molecule has 1 saturated heterocycles. The van der Waals surface area contributed by atoms with Gasteiger partial charge in [-0.3, -0.25) is 9.20 Å². The predicted molar refractivity (Wildman–Crippen MR) is 86.6 cm³/mol. The molecule has 0 bridgehead atoms. The van der Waals surface area contributed by atoms with Crippen LogP contribution in [0, 0.1) is 0 Å². The molecule has 0 spiro atoms. The van der Waals surface area contributed by atoms with Gasteiger partial charge in [-0.05, 0) is 30.7 Å². The third kappa shape index (κ3) is 2.49. The molecule has 7 nitrogen and oxygen atoms in total. The molecule has 1 amide bonds. The number of benzene rings is 1. The summed E-state index contributed by atoms with van der Waals surface area (Å²) in [7, 11) is 0. The number of amides is 1. The number of halogens is 1. The van der Waals surface area contributed by atoms with Crippen molar-refractivity contribution in [2.24, 2.45) is 0 Å². The molecule has 4 rings (SSSR count). The number of fused-ring (bicyclic) bond motifs is 1. The second-order valence-electron chi connectivity index (χ2n) is 5.29. The highest BCUT2D eigenvalue weighted by molar-refractivity contribution is 6.30. The van der Waals surface area contributed by atoms with Crippen LogP contribution in [0.4, 0.5) is 11.5 Å². The molecule has 2 aromatic heterocycles. The molecule has 0 aliphatic carbocycles. The van der Waals surface area contributed by atoms with Crippen LogP contribution < -0.4 is 10.2 Å². The average Bonchev–Trinajstić information content (AvgIpc) is 3.17. The number of nitrogens with one attached hydrogen (secondary N) is 1. The summed E-state index contributed by atoms with van der Waals surface area (Å²) in [5.74, 6) is 0.567. The van der Waals surface area contributed by atoms with E-state index < -0.39 is 0 Å². The van der Waals surface area contributed by atoms with Crippen LogP contribution in [0.25, 0.3) is 5.65 Å². The van der Waals surface area contributed by atoms with Gasteiger partial charge in [-0.15, -0.1) is 10.2 Å². The first-order valence-electron chi connectivity index (χ1n) is 7.20. The van der Waals surface area contributed by atoms with Gasteiger partial charge in [0.1, 0.15) is 12.4 Å². The van der Waals surface area contributed by atoms with Gasteiger partial charge >= 0.3 is 0 Å². The van der Waals surface area contributed by atoms with E-state index in [2.05, 4.69) is 20.5 Å². The first-order valence-corrected chi connectivity index (χ1v) is 7.58. The van der Waals surface area contributed by atoms with Crippen molar-refractivity contribution in [3.63, 3.8) is 0 Å². The van der Waals surface area contributed by atoms with Crippen molar-refractivity contribution in [1.29, 1.82) is 0 Å². The van der Waals surface area contributed by atoms with Crippen molar-refractivity contribution in [2.45, 2.75) is 12.5 Å². The van der Waals surface area contributed by atoms with Crippen molar-refractivity contribution < 1.29 is 4.79 Å². The van der Waals surface area contributed by atoms with Crippen molar-refractivity contribution in [2.75, 3.05) is 16.8 Å². The zero-order valence-electron chi connectivity index (χ0n) is 12.1. The molecule has 1 fully saturated rings. The summed E-state index contributed by atoms with van der Waals surface area (Å²) >= 11 is 5.90. The van der Waals surface area contributed by atoms with Gasteiger partial charge < -0.3 is 10.2 Å². The molecule has 1 atom stereocenters. The van der Waals surface area contributed by atoms with Crippen LogP contribution in [0.3, 0.4) is 0 Å². The van der Waals surface area contributed by atoms with Crippen molar-refractivity contribution in [3.8, 4) is 0 Å². The van der Waals surface area contributed by atoms with E-state index in [0.717, 1.165) is 5.69 Å². The summed E-state index contributed by atoms with van der Waals surface area (Å²) in [5, 5.41) is 11.7. The maximum Gasteiger partial charge on any atom is 0.249 e. The molecule has 3 heterocycles. The second-order valence-corrected chi connectivity index (χ2v) is 5.73. The number of nitrogens with zero attached hydrogens (tertiary/aromatic N) is 5. The van der Waals surface area contributed by atoms with Crippen molar-refractivity contribution >= 4 is 34.7 Å². The molecule has 8 heteroatoms. The van der Waals surface area contributed by atoms with Crippen LogP contribution >= 0.6 is 11.6 Å². The summed E-state index contributed by atoms with van der Waals surface area (Å²) < 4.78 is 1.76. The third-order valence-electron chi connectivity index (χ3n) is 3.87. The number of carbonyl (C=O) groups excluding carboxylic acids is 1. The Morgan fingerprint density at radius 3 is 2.91 bits per heavy atom. The van der Waals surface area contributed by atoms with E-state index >= 15 is 0 Å². The largest absolute Gasteiger partial charge is 0.355 e. The van der Waals surface area contributed by atoms with Gasteiger partial charge in [-0.25, -0.2) is 4.98 Å². The Hall–Kier alpha value is -2.67. The fourth-order valence-corrected chi connectivity index (χ4v) is 2.84. The standard InChI is InChI=1S/C15H13ClN6O/c16-10-1-3-11(4-2-10)22-7-5-12(15(22)23)19-13-14-20-18-9-21(14)8-6-17-13/h1-4,6,8-9,12H,5,7H2,(H,17,19)/t12-/m1/s1. The Morgan fingerprint density at radius 2 is 2.09 bits per heavy atom. The molecule has 0 saturated carbocycles. The van der Waals surface area contributed by atoms with Crippen LogP contribution in [0.15, 0.2) is 43.0 Å². The zero-order valence-corrected chi connectivity index (χ0v) is 12.8. The molecule has 1 aliphatic rings. The number of hydrogen-bond donors (Lipinski definition) is 1. The predicted octanol–water partition coefficient (Wildman–Crippen LogP) is 2.00. The first kappa shape index (κ1) is 14.0. The van der Waals surface area contributed by atoms with Gasteiger partial charge in [-0.2, -0.15) is 0 Å². The number of hydrogen-bond acceptors (Lipinski definition) is 5. The Morgan fingerprint density at radius 1 is 1.26 bits per heavy atom. The molecule has 1 aromatic carbocycles. The van der Waals surface area contributed by atoms with Crippen LogP contribution in [0.2, 0.25) is 5.02 Å². The Labute approximate surface area is 136 Å². The Balaban J connectivity index is 1.56. The molecular formula is C15H13ClN6O. The molecule has 1 N–H and O–H groups in total. The molecule has 23 heavy (non-hydrogen) atoms. The van der Waals surface area contributed by atoms with E-state index in [-0.39, 0.29) is 11.9 Å². The summed E-state index contributed by atoms with van der Waals surface area (Å²) in [6, 6.07) is 6.92.